The lowest BCUT2D eigenvalue weighted by atomic mass is 9.96. The molecule has 0 unspecified atom stereocenters. The van der Waals surface area contributed by atoms with Crippen molar-refractivity contribution in [2.75, 3.05) is 0 Å². The van der Waals surface area contributed by atoms with Crippen LogP contribution in [0.4, 0.5) is 0 Å². The summed E-state index contributed by atoms with van der Waals surface area (Å²) in [5, 5.41) is 24.6. The summed E-state index contributed by atoms with van der Waals surface area (Å²) in [5.41, 5.74) is 24.6. The average molecular weight is 1840 g/mol. The van der Waals surface area contributed by atoms with E-state index in [-0.39, 0.29) is 0 Å². The minimum Gasteiger partial charge on any atom is -0.309 e. The lowest BCUT2D eigenvalue weighted by molar-refractivity contribution is 0.592. The highest BCUT2D eigenvalue weighted by Crippen LogP contribution is 2.57. The van der Waals surface area contributed by atoms with Gasteiger partial charge >= 0.3 is 0 Å². The lowest BCUT2D eigenvalue weighted by Crippen LogP contribution is -2.21. The Morgan fingerprint density at radius 3 is 1.10 bits per heavy atom. The molecule has 0 radical (unpaired) electrons. The maximum atomic E-state index is 15.3. The fourth-order valence-corrected chi connectivity index (χ4v) is 35.1. The molecule has 138 heavy (non-hydrogen) atoms. The molecule has 30 rings (SSSR count). The number of nitrogens with zero attached hydrogens (tertiary/aromatic N) is 7. The van der Waals surface area contributed by atoms with Crippen molar-refractivity contribution in [3.63, 3.8) is 0 Å². The summed E-state index contributed by atoms with van der Waals surface area (Å²) in [4.78, 5) is 25.7. The van der Waals surface area contributed by atoms with E-state index in [1.165, 1.54) is 10.8 Å². The number of hydrogen-bond donors (Lipinski definition) is 0. The fraction of sp³-hybridized carbons (Fsp3) is 0. The Balaban J connectivity index is 0.000000133. The molecule has 15 heteroatoms. The molecule has 11 nitrogen and oxygen atoms in total. The van der Waals surface area contributed by atoms with E-state index in [4.69, 9.17) is 24.9 Å². The monoisotopic (exact) mass is 1840 g/mol. The second kappa shape index (κ2) is 29.5. The lowest BCUT2D eigenvalue weighted by Gasteiger charge is -2.16. The van der Waals surface area contributed by atoms with Crippen LogP contribution in [0, 0.1) is 0 Å². The first kappa shape index (κ1) is 79.0. The third kappa shape index (κ3) is 11.2. The Kier molecular flexibility index (Phi) is 16.9. The van der Waals surface area contributed by atoms with E-state index in [9.17, 15) is 0 Å². The number of benzene rings is 19. The molecule has 0 bridgehead atoms. The van der Waals surface area contributed by atoms with Crippen molar-refractivity contribution < 1.29 is 18.3 Å². The van der Waals surface area contributed by atoms with Crippen LogP contribution in [0.1, 0.15) is 0 Å². The van der Waals surface area contributed by atoms with Crippen molar-refractivity contribution >= 4 is 212 Å². The summed E-state index contributed by atoms with van der Waals surface area (Å²) in [6, 6.07) is 146. The van der Waals surface area contributed by atoms with Gasteiger partial charge in [-0.1, -0.05) is 334 Å². The largest absolute Gasteiger partial charge is 0.309 e. The molecule has 0 fully saturated rings. The predicted molar refractivity (Wildman–Crippen MR) is 574 cm³/mol. The van der Waals surface area contributed by atoms with Gasteiger partial charge in [-0.25, -0.2) is 9.97 Å². The van der Waals surface area contributed by atoms with Gasteiger partial charge in [0, 0.05) is 137 Å². The molecule has 0 aliphatic carbocycles. The Hall–Kier alpha value is -16.5. The predicted octanol–water partition coefficient (Wildman–Crippen LogP) is 25.5. The number of hydrogen-bond acceptors (Lipinski definition) is 9. The second-order valence-corrected chi connectivity index (χ2v) is 47.4. The Labute approximate surface area is 790 Å². The summed E-state index contributed by atoms with van der Waals surface area (Å²) in [5.74, 6) is 0. The van der Waals surface area contributed by atoms with Crippen LogP contribution in [0.2, 0.25) is 0 Å². The van der Waals surface area contributed by atoms with Crippen molar-refractivity contribution in [1.29, 1.82) is 0 Å². The highest BCUT2D eigenvalue weighted by atomic mass is 31.2. The number of fused-ring (bicyclic) bond motifs is 34. The van der Waals surface area contributed by atoms with E-state index >= 15 is 18.3 Å². The highest BCUT2D eigenvalue weighted by molar-refractivity contribution is 7.88. The summed E-state index contributed by atoms with van der Waals surface area (Å²) in [6.07, 6.45) is 5.55. The first-order valence-electron chi connectivity index (χ1n) is 46.4. The van der Waals surface area contributed by atoms with Crippen LogP contribution in [0.3, 0.4) is 0 Å². The molecule has 0 saturated heterocycles. The molecule has 11 heterocycles. The van der Waals surface area contributed by atoms with Crippen LogP contribution in [-0.4, -0.2) is 33.7 Å². The first-order valence-corrected chi connectivity index (χ1v) is 53.2. The van der Waals surface area contributed by atoms with Crippen molar-refractivity contribution in [2.45, 2.75) is 0 Å². The second-order valence-electron chi connectivity index (χ2n) is 36.6. The summed E-state index contributed by atoms with van der Waals surface area (Å²) in [7, 11) is -12.3. The number of pyridine rings is 5. The van der Waals surface area contributed by atoms with Gasteiger partial charge in [0.25, 0.3) is 0 Å². The zero-order valence-corrected chi connectivity index (χ0v) is 77.3. The van der Waals surface area contributed by atoms with Crippen LogP contribution < -0.4 is 63.7 Å². The molecular weight excluding hydrogens is 1760 g/mol. The Bertz CT molecular complexity index is 9990. The quantitative estimate of drug-likeness (QED) is 0.107. The van der Waals surface area contributed by atoms with Gasteiger partial charge in [0.2, 0.25) is 0 Å². The number of rotatable bonds is 8. The van der Waals surface area contributed by atoms with E-state index in [1.54, 1.807) is 6.20 Å². The molecule has 0 amide bonds. The SMILES string of the molecule is O=P1(c2ccc(-c3ccc4c(ccc5c6ccccc6c6nc7ccc(-c8ccc9cc(P%10(=O)c%11ccccc%11-c%11ccccc%11%10)ccc9c8)cc7n6c45)c3)nc2)c2ccccc2-c2ccccc21.O=P1(c2ccc(-c3ccc4nc5c6ccc7ccccc7c6c6ccc(-c7cnc8cc(P9(=O)c%10ccccc%10-c%10ccccc%109)ccc8c7)cc6n5c4c3)nc2)c2ccccc2-c2ccccc21. The fourth-order valence-electron chi connectivity index (χ4n) is 23.0. The summed E-state index contributed by atoms with van der Waals surface area (Å²) in [6.45, 7) is 0. The Morgan fingerprint density at radius 2 is 0.551 bits per heavy atom. The Morgan fingerprint density at radius 1 is 0.196 bits per heavy atom. The molecule has 4 aliphatic rings. The van der Waals surface area contributed by atoms with Gasteiger partial charge < -0.3 is 18.3 Å². The smallest absolute Gasteiger partial charge is 0.173 e. The maximum absolute atomic E-state index is 15.3. The van der Waals surface area contributed by atoms with Crippen molar-refractivity contribution in [2.24, 2.45) is 0 Å². The minimum absolute atomic E-state index is 0.724. The van der Waals surface area contributed by atoms with E-state index in [2.05, 4.69) is 251 Å². The molecule has 26 aromatic rings. The van der Waals surface area contributed by atoms with Gasteiger partial charge in [-0.3, -0.25) is 23.8 Å². The van der Waals surface area contributed by atoms with Crippen molar-refractivity contribution in [3.05, 3.63) is 443 Å². The van der Waals surface area contributed by atoms with Crippen LogP contribution in [-0.2, 0) is 18.3 Å². The third-order valence-corrected chi connectivity index (χ3v) is 42.0. The third-order valence-electron chi connectivity index (χ3n) is 29.5. The molecule has 0 saturated carbocycles. The van der Waals surface area contributed by atoms with Crippen molar-refractivity contribution in [1.82, 2.24) is 33.7 Å². The molecule has 4 aliphatic heterocycles. The molecule has 0 spiro atoms. The van der Waals surface area contributed by atoms with E-state index in [1.807, 2.05) is 194 Å². The van der Waals surface area contributed by atoms with Gasteiger partial charge in [0.15, 0.2) is 28.6 Å². The zero-order valence-electron chi connectivity index (χ0n) is 73.7. The average Bonchev–Trinajstić information content (AvgIpc) is 1.44. The van der Waals surface area contributed by atoms with Crippen molar-refractivity contribution in [3.8, 4) is 89.3 Å². The topological polar surface area (TPSA) is 142 Å². The van der Waals surface area contributed by atoms with E-state index in [0.717, 1.165) is 262 Å². The molecule has 19 aromatic carbocycles. The maximum Gasteiger partial charge on any atom is 0.173 e. The number of imidazole rings is 2. The number of aromatic nitrogens is 7. The molecular formula is C123H73N7O4P4. The first-order chi connectivity index (χ1) is 67.9. The standard InChI is InChI=1S/C62H37N3O2P2.C61H36N4O2P2/c66-68(57-17-7-3-12-48(57)49-13-4-8-18-58(49)68)44-27-23-39-33-38(21-22-40(39)35-44)41-26-31-55-56(36-41)65-61-46-29-25-43(34-42(46)24-30-52(61)47-11-1-2-16-53(47)62(65)64-55)54-32-28-45(37-63-54)69(67)59-19-9-5-14-50(59)51-15-6-10-20-60(51)69;66-68(56-17-7-3-13-45(56)46-14-4-8-18-57(46)68)42-25-21-39-31-41(35-62-53(39)34-42)38-23-27-49-54(32-38)65-55-33-40(24-29-52(55)64-61(65)50-28-22-37-11-1-2-12-44(37)60(49)50)51-30-26-43(36-63-51)69(67)58-19-9-5-15-47(58)48-16-6-10-20-59(48)69/h1-37H;1-36H. The van der Waals surface area contributed by atoms with Gasteiger partial charge in [-0.05, 0) is 185 Å². The van der Waals surface area contributed by atoms with Gasteiger partial charge in [0.1, 0.15) is 11.3 Å². The molecule has 7 aromatic heterocycles. The molecule has 0 N–H and O–H groups in total. The van der Waals surface area contributed by atoms with Crippen LogP contribution >= 0.6 is 28.6 Å². The summed E-state index contributed by atoms with van der Waals surface area (Å²) < 4.78 is 65.4. The normalized spacial score (nSPS) is 14.1. The van der Waals surface area contributed by atoms with Gasteiger partial charge in [-0.2, -0.15) is 0 Å². The minimum atomic E-state index is -3.11. The van der Waals surface area contributed by atoms with Gasteiger partial charge in [0.05, 0.1) is 50.0 Å². The highest BCUT2D eigenvalue weighted by Gasteiger charge is 2.45. The van der Waals surface area contributed by atoms with Crippen LogP contribution in [0.25, 0.3) is 209 Å². The van der Waals surface area contributed by atoms with E-state index in [0.29, 0.717) is 0 Å². The van der Waals surface area contributed by atoms with Crippen LogP contribution in [0.15, 0.2) is 443 Å². The zero-order chi connectivity index (χ0) is 91.2. The van der Waals surface area contributed by atoms with Crippen LogP contribution in [0.5, 0.6) is 0 Å². The van der Waals surface area contributed by atoms with E-state index < -0.39 is 28.6 Å². The molecule has 0 atom stereocenters. The van der Waals surface area contributed by atoms with Gasteiger partial charge in [-0.15, -0.1) is 0 Å². The molecule has 644 valence electrons. The summed E-state index contributed by atoms with van der Waals surface area (Å²) >= 11 is 0.